The topological polar surface area (TPSA) is 106 Å². The molecule has 0 atom stereocenters. The Labute approximate surface area is 233 Å². The summed E-state index contributed by atoms with van der Waals surface area (Å²) in [4.78, 5) is 35.9. The molecule has 3 heterocycles. The van der Waals surface area contributed by atoms with Gasteiger partial charge < -0.3 is 29.4 Å². The first kappa shape index (κ1) is 27.1. The second-order valence-electron chi connectivity index (χ2n) is 9.61. The summed E-state index contributed by atoms with van der Waals surface area (Å²) in [7, 11) is 1.62. The number of para-hydroxylation sites is 1. The Kier molecular flexibility index (Phi) is 8.49. The molecule has 2 bridgehead atoms. The molecular weight excluding hydrogens is 508 g/mol. The predicted octanol–water partition coefficient (Wildman–Crippen LogP) is 4.14. The van der Waals surface area contributed by atoms with Crippen LogP contribution in [0.25, 0.3) is 10.9 Å². The van der Waals surface area contributed by atoms with Crippen LogP contribution in [0.5, 0.6) is 17.4 Å². The number of nitrogens with one attached hydrogen (secondary N) is 2. The number of pyridine rings is 1. The van der Waals surface area contributed by atoms with Crippen molar-refractivity contribution in [3.63, 3.8) is 0 Å². The molecule has 0 radical (unpaired) electrons. The van der Waals surface area contributed by atoms with Crippen LogP contribution in [-0.4, -0.2) is 66.6 Å². The third kappa shape index (κ3) is 6.03. The molecule has 9 heteroatoms. The van der Waals surface area contributed by atoms with Gasteiger partial charge in [-0.15, -0.1) is 0 Å². The molecule has 0 spiro atoms. The normalized spacial score (nSPS) is 14.7. The lowest BCUT2D eigenvalue weighted by Crippen LogP contribution is -2.42. The maximum absolute atomic E-state index is 13.6. The smallest absolute Gasteiger partial charge is 0.259 e. The molecule has 0 saturated carbocycles. The van der Waals surface area contributed by atoms with Crippen molar-refractivity contribution in [2.45, 2.75) is 26.2 Å². The van der Waals surface area contributed by atoms with Crippen LogP contribution in [0.1, 0.15) is 40.5 Å². The number of amides is 2. The summed E-state index contributed by atoms with van der Waals surface area (Å²) in [5.41, 5.74) is 4.71. The van der Waals surface area contributed by atoms with Crippen LogP contribution in [0.4, 0.5) is 0 Å². The van der Waals surface area contributed by atoms with Gasteiger partial charge in [-0.25, -0.2) is 4.98 Å². The quantitative estimate of drug-likeness (QED) is 0.402. The van der Waals surface area contributed by atoms with Crippen molar-refractivity contribution in [1.29, 1.82) is 0 Å². The molecule has 0 unspecified atom stereocenters. The maximum Gasteiger partial charge on any atom is 0.259 e. The number of carbonyl (C=O) groups is 2. The zero-order chi connectivity index (χ0) is 27.9. The van der Waals surface area contributed by atoms with Crippen LogP contribution < -0.4 is 19.5 Å². The van der Waals surface area contributed by atoms with Crippen molar-refractivity contribution in [2.75, 3.05) is 40.0 Å². The molecule has 9 nitrogen and oxygen atoms in total. The van der Waals surface area contributed by atoms with Crippen LogP contribution in [0.3, 0.4) is 0 Å². The number of fused-ring (bicyclic) bond motifs is 5. The fourth-order valence-corrected chi connectivity index (χ4v) is 5.06. The van der Waals surface area contributed by atoms with E-state index in [9.17, 15) is 9.59 Å². The molecule has 2 N–H and O–H groups in total. The van der Waals surface area contributed by atoms with Crippen LogP contribution in [0, 0.1) is 0 Å². The molecule has 2 amide bonds. The maximum atomic E-state index is 13.6. The van der Waals surface area contributed by atoms with Gasteiger partial charge in [-0.3, -0.25) is 9.59 Å². The Morgan fingerprint density at radius 3 is 2.88 bits per heavy atom. The standard InChI is InChI=1S/C31H34N4O5/c1-3-39-30-24(9-6-14-33-30)31(37)35-16-7-17-40-28-19-21(11-12-27(28)38-2)18-26-23(13-15-32-29(36)20-35)22-8-4-5-10-25(22)34-26/h4-6,8-12,14,19,34H,3,7,13,15-18,20H2,1-2H3,(H,32,36). The molecule has 5 rings (SSSR count). The van der Waals surface area contributed by atoms with E-state index in [0.29, 0.717) is 62.6 Å². The number of nitrogens with zero attached hydrogens (tertiary/aromatic N) is 2. The number of aromatic nitrogens is 2. The monoisotopic (exact) mass is 542 g/mol. The third-order valence-electron chi connectivity index (χ3n) is 6.94. The lowest BCUT2D eigenvalue weighted by atomic mass is 10.0. The molecule has 4 aromatic rings. The van der Waals surface area contributed by atoms with Gasteiger partial charge in [-0.1, -0.05) is 24.3 Å². The number of hydrogen-bond acceptors (Lipinski definition) is 6. The third-order valence-corrected chi connectivity index (χ3v) is 6.94. The van der Waals surface area contributed by atoms with E-state index in [4.69, 9.17) is 14.2 Å². The van der Waals surface area contributed by atoms with Crippen molar-refractivity contribution in [2.24, 2.45) is 0 Å². The van der Waals surface area contributed by atoms with Crippen molar-refractivity contribution >= 4 is 22.7 Å². The number of ether oxygens (including phenoxy) is 3. The molecule has 40 heavy (non-hydrogen) atoms. The molecule has 0 fully saturated rings. The number of hydrogen-bond donors (Lipinski definition) is 2. The van der Waals surface area contributed by atoms with Crippen molar-refractivity contribution in [3.05, 3.63) is 83.2 Å². The lowest BCUT2D eigenvalue weighted by molar-refractivity contribution is -0.121. The summed E-state index contributed by atoms with van der Waals surface area (Å²) in [6.45, 7) is 3.24. The summed E-state index contributed by atoms with van der Waals surface area (Å²) in [6.07, 6.45) is 3.43. The highest BCUT2D eigenvalue weighted by atomic mass is 16.5. The average molecular weight is 543 g/mol. The molecule has 0 aliphatic carbocycles. The van der Waals surface area contributed by atoms with Gasteiger partial charge in [-0.05, 0) is 61.2 Å². The van der Waals surface area contributed by atoms with Gasteiger partial charge in [0.05, 0.1) is 26.9 Å². The Morgan fingerprint density at radius 1 is 1.15 bits per heavy atom. The Morgan fingerprint density at radius 2 is 2.02 bits per heavy atom. The summed E-state index contributed by atoms with van der Waals surface area (Å²) >= 11 is 0. The van der Waals surface area contributed by atoms with E-state index in [1.54, 1.807) is 25.4 Å². The van der Waals surface area contributed by atoms with Gasteiger partial charge in [0, 0.05) is 42.3 Å². The van der Waals surface area contributed by atoms with Crippen LogP contribution in [0.15, 0.2) is 60.8 Å². The average Bonchev–Trinajstić information content (AvgIpc) is 3.31. The minimum atomic E-state index is -0.314. The summed E-state index contributed by atoms with van der Waals surface area (Å²) < 4.78 is 17.3. The summed E-state index contributed by atoms with van der Waals surface area (Å²) in [5.74, 6) is 1.01. The molecule has 0 saturated heterocycles. The fraction of sp³-hybridized carbons (Fsp3) is 0.323. The van der Waals surface area contributed by atoms with E-state index >= 15 is 0 Å². The van der Waals surface area contributed by atoms with Crippen LogP contribution >= 0.6 is 0 Å². The van der Waals surface area contributed by atoms with Gasteiger partial charge in [0.2, 0.25) is 11.8 Å². The largest absolute Gasteiger partial charge is 0.493 e. The van der Waals surface area contributed by atoms with Gasteiger partial charge in [0.1, 0.15) is 5.56 Å². The highest BCUT2D eigenvalue weighted by Gasteiger charge is 2.23. The zero-order valence-electron chi connectivity index (χ0n) is 22.9. The lowest BCUT2D eigenvalue weighted by Gasteiger charge is -2.23. The first-order valence-electron chi connectivity index (χ1n) is 13.6. The highest BCUT2D eigenvalue weighted by Crippen LogP contribution is 2.31. The van der Waals surface area contributed by atoms with Gasteiger partial charge >= 0.3 is 0 Å². The molecule has 2 aromatic heterocycles. The number of rotatable bonds is 4. The first-order valence-corrected chi connectivity index (χ1v) is 13.6. The SMILES string of the molecule is CCOc1ncccc1C(=O)N1CCCOc2cc(ccc2OC)Cc2[nH]c3ccccc3c2CCNC(=O)C1. The Bertz CT molecular complexity index is 1500. The van der Waals surface area contributed by atoms with E-state index in [1.807, 2.05) is 37.3 Å². The predicted molar refractivity (Wildman–Crippen MR) is 152 cm³/mol. The highest BCUT2D eigenvalue weighted by molar-refractivity contribution is 5.98. The van der Waals surface area contributed by atoms with Crippen LogP contribution in [-0.2, 0) is 17.6 Å². The number of benzene rings is 2. The van der Waals surface area contributed by atoms with Gasteiger partial charge in [-0.2, -0.15) is 0 Å². The first-order chi connectivity index (χ1) is 19.6. The summed E-state index contributed by atoms with van der Waals surface area (Å²) in [6, 6.07) is 17.5. The number of methoxy groups -OCH3 is 1. The van der Waals surface area contributed by atoms with E-state index in [2.05, 4.69) is 27.4 Å². The minimum Gasteiger partial charge on any atom is -0.493 e. The molecule has 2 aromatic carbocycles. The van der Waals surface area contributed by atoms with E-state index in [0.717, 1.165) is 27.7 Å². The number of H-pyrrole nitrogens is 1. The fourth-order valence-electron chi connectivity index (χ4n) is 5.06. The van der Waals surface area contributed by atoms with Crippen molar-refractivity contribution in [3.8, 4) is 17.4 Å². The van der Waals surface area contributed by atoms with Crippen molar-refractivity contribution in [1.82, 2.24) is 20.2 Å². The van der Waals surface area contributed by atoms with Gasteiger partial charge in [0.15, 0.2) is 11.5 Å². The second kappa shape index (κ2) is 12.5. The van der Waals surface area contributed by atoms with E-state index in [-0.39, 0.29) is 24.2 Å². The van der Waals surface area contributed by atoms with Gasteiger partial charge in [0.25, 0.3) is 5.91 Å². The number of carbonyl (C=O) groups excluding carboxylic acids is 2. The Hall–Kier alpha value is -4.53. The zero-order valence-corrected chi connectivity index (χ0v) is 22.9. The molecular formula is C31H34N4O5. The molecule has 1 aliphatic heterocycles. The van der Waals surface area contributed by atoms with E-state index < -0.39 is 0 Å². The van der Waals surface area contributed by atoms with Crippen molar-refractivity contribution < 1.29 is 23.8 Å². The number of aromatic amines is 1. The van der Waals surface area contributed by atoms with E-state index in [1.165, 1.54) is 4.90 Å². The van der Waals surface area contributed by atoms with Crippen LogP contribution in [0.2, 0.25) is 0 Å². The summed E-state index contributed by atoms with van der Waals surface area (Å²) in [5, 5.41) is 4.15. The second-order valence-corrected chi connectivity index (χ2v) is 9.61. The Balaban J connectivity index is 1.45. The minimum absolute atomic E-state index is 0.0845. The molecule has 1 aliphatic rings. The molecule has 208 valence electrons.